The molecule has 0 aliphatic carbocycles. The number of carbonyl (C=O) groups is 1. The Labute approximate surface area is 134 Å². The van der Waals surface area contributed by atoms with Gasteiger partial charge in [-0.1, -0.05) is 26.7 Å². The predicted octanol–water partition coefficient (Wildman–Crippen LogP) is 2.07. The summed E-state index contributed by atoms with van der Waals surface area (Å²) in [6, 6.07) is 0. The number of hydrogen-bond acceptors (Lipinski definition) is 5. The number of hydrogen-bond donors (Lipinski definition) is 2. The molecule has 0 aromatic carbocycles. The first-order valence-electron chi connectivity index (χ1n) is 7.46. The standard InChI is InChI=1S/C15H22N4O2S/c1-4-10(5-2)12(20)7-16-14(21)13-8-17-15(22-13)11-6-18-19(3)9-11/h6,8-10,12,20H,4-5,7H2,1-3H3,(H,16,21). The molecule has 0 saturated carbocycles. The molecular weight excluding hydrogens is 300 g/mol. The molecule has 1 amide bonds. The molecule has 0 aliphatic heterocycles. The predicted molar refractivity (Wildman–Crippen MR) is 86.7 cm³/mol. The highest BCUT2D eigenvalue weighted by Crippen LogP contribution is 2.24. The Bertz CT molecular complexity index is 619. The smallest absolute Gasteiger partial charge is 0.263 e. The zero-order chi connectivity index (χ0) is 16.1. The molecule has 0 aliphatic rings. The average Bonchev–Trinajstić information content (AvgIpc) is 3.14. The van der Waals surface area contributed by atoms with Crippen LogP contribution in [-0.4, -0.2) is 38.4 Å². The van der Waals surface area contributed by atoms with Crippen molar-refractivity contribution in [1.82, 2.24) is 20.1 Å². The van der Waals surface area contributed by atoms with Crippen molar-refractivity contribution in [2.45, 2.75) is 32.8 Å². The maximum absolute atomic E-state index is 12.1. The van der Waals surface area contributed by atoms with Crippen molar-refractivity contribution in [2.24, 2.45) is 13.0 Å². The lowest BCUT2D eigenvalue weighted by molar-refractivity contribution is 0.0819. The Balaban J connectivity index is 1.95. The highest BCUT2D eigenvalue weighted by Gasteiger charge is 2.18. The van der Waals surface area contributed by atoms with Gasteiger partial charge in [0.25, 0.3) is 5.91 Å². The molecule has 0 saturated heterocycles. The average molecular weight is 322 g/mol. The number of carbonyl (C=O) groups excluding carboxylic acids is 1. The molecule has 2 rings (SSSR count). The monoisotopic (exact) mass is 322 g/mol. The van der Waals surface area contributed by atoms with Crippen LogP contribution >= 0.6 is 11.3 Å². The van der Waals surface area contributed by atoms with Gasteiger partial charge < -0.3 is 10.4 Å². The Morgan fingerprint density at radius 1 is 1.41 bits per heavy atom. The molecule has 1 unspecified atom stereocenters. The van der Waals surface area contributed by atoms with Crippen molar-refractivity contribution in [2.75, 3.05) is 6.54 Å². The maximum atomic E-state index is 12.1. The van der Waals surface area contributed by atoms with Gasteiger partial charge in [-0.15, -0.1) is 11.3 Å². The molecule has 0 fully saturated rings. The second-order valence-electron chi connectivity index (χ2n) is 5.29. The molecule has 22 heavy (non-hydrogen) atoms. The van der Waals surface area contributed by atoms with Crippen LogP contribution < -0.4 is 5.32 Å². The van der Waals surface area contributed by atoms with E-state index in [1.54, 1.807) is 17.1 Å². The molecule has 7 heteroatoms. The van der Waals surface area contributed by atoms with Crippen LogP contribution in [0.25, 0.3) is 10.6 Å². The number of aliphatic hydroxyl groups is 1. The number of thiazole rings is 1. The van der Waals surface area contributed by atoms with Gasteiger partial charge in [-0.2, -0.15) is 5.10 Å². The number of rotatable bonds is 7. The minimum atomic E-state index is -0.510. The van der Waals surface area contributed by atoms with E-state index in [9.17, 15) is 9.90 Å². The van der Waals surface area contributed by atoms with E-state index in [1.165, 1.54) is 11.3 Å². The third kappa shape index (κ3) is 3.92. The van der Waals surface area contributed by atoms with Gasteiger partial charge in [-0.25, -0.2) is 4.98 Å². The van der Waals surface area contributed by atoms with E-state index in [4.69, 9.17) is 0 Å². The van der Waals surface area contributed by atoms with Crippen molar-refractivity contribution in [3.8, 4) is 10.6 Å². The number of aliphatic hydroxyl groups excluding tert-OH is 1. The van der Waals surface area contributed by atoms with Gasteiger partial charge >= 0.3 is 0 Å². The van der Waals surface area contributed by atoms with Crippen LogP contribution in [0.3, 0.4) is 0 Å². The quantitative estimate of drug-likeness (QED) is 0.818. The number of nitrogens with one attached hydrogen (secondary N) is 1. The normalized spacial score (nSPS) is 12.6. The van der Waals surface area contributed by atoms with E-state index in [0.717, 1.165) is 23.4 Å². The Morgan fingerprint density at radius 3 is 2.73 bits per heavy atom. The van der Waals surface area contributed by atoms with Gasteiger partial charge in [0.2, 0.25) is 0 Å². The zero-order valence-electron chi connectivity index (χ0n) is 13.1. The topological polar surface area (TPSA) is 80.0 Å². The highest BCUT2D eigenvalue weighted by atomic mass is 32.1. The summed E-state index contributed by atoms with van der Waals surface area (Å²) in [6.45, 7) is 4.36. The molecule has 1 atom stereocenters. The van der Waals surface area contributed by atoms with Crippen LogP contribution in [0.15, 0.2) is 18.6 Å². The molecule has 2 aromatic heterocycles. The fraction of sp³-hybridized carbons (Fsp3) is 0.533. The lowest BCUT2D eigenvalue weighted by atomic mass is 9.96. The first-order chi connectivity index (χ1) is 10.5. The second-order valence-corrected chi connectivity index (χ2v) is 6.32. The summed E-state index contributed by atoms with van der Waals surface area (Å²) in [5.41, 5.74) is 0.892. The summed E-state index contributed by atoms with van der Waals surface area (Å²) in [4.78, 5) is 16.9. The molecule has 0 spiro atoms. The molecule has 2 heterocycles. The SMILES string of the molecule is CCC(CC)C(O)CNC(=O)c1cnc(-c2cnn(C)c2)s1. The zero-order valence-corrected chi connectivity index (χ0v) is 13.9. The summed E-state index contributed by atoms with van der Waals surface area (Å²) in [7, 11) is 1.84. The van der Waals surface area contributed by atoms with Crippen LogP contribution in [0.2, 0.25) is 0 Å². The fourth-order valence-corrected chi connectivity index (χ4v) is 3.14. The van der Waals surface area contributed by atoms with Gasteiger partial charge in [0.05, 0.1) is 18.5 Å². The van der Waals surface area contributed by atoms with E-state index < -0.39 is 6.10 Å². The van der Waals surface area contributed by atoms with Gasteiger partial charge in [0.15, 0.2) is 0 Å². The number of aromatic nitrogens is 3. The van der Waals surface area contributed by atoms with Gasteiger partial charge in [-0.05, 0) is 5.92 Å². The maximum Gasteiger partial charge on any atom is 0.263 e. The summed E-state index contributed by atoms with van der Waals surface area (Å²) in [5.74, 6) is 0.0189. The molecule has 0 bridgehead atoms. The van der Waals surface area contributed by atoms with Crippen LogP contribution in [0.1, 0.15) is 36.4 Å². The molecule has 120 valence electrons. The second kappa shape index (κ2) is 7.51. The Hall–Kier alpha value is -1.73. The largest absolute Gasteiger partial charge is 0.391 e. The number of amides is 1. The highest BCUT2D eigenvalue weighted by molar-refractivity contribution is 7.16. The van der Waals surface area contributed by atoms with Crippen LogP contribution in [0.5, 0.6) is 0 Å². The number of nitrogens with zero attached hydrogens (tertiary/aromatic N) is 3. The molecule has 0 radical (unpaired) electrons. The number of aryl methyl sites for hydroxylation is 1. The van der Waals surface area contributed by atoms with Gasteiger partial charge in [-0.3, -0.25) is 9.48 Å². The third-order valence-electron chi connectivity index (χ3n) is 3.75. The lowest BCUT2D eigenvalue weighted by Crippen LogP contribution is -2.35. The van der Waals surface area contributed by atoms with E-state index in [0.29, 0.717) is 4.88 Å². The van der Waals surface area contributed by atoms with Crippen LogP contribution in [0.4, 0.5) is 0 Å². The lowest BCUT2D eigenvalue weighted by Gasteiger charge is -2.20. The first-order valence-corrected chi connectivity index (χ1v) is 8.27. The molecular formula is C15H22N4O2S. The van der Waals surface area contributed by atoms with Crippen molar-refractivity contribution >= 4 is 17.2 Å². The Kier molecular flexibility index (Phi) is 5.68. The van der Waals surface area contributed by atoms with Gasteiger partial charge in [0, 0.05) is 25.4 Å². The Morgan fingerprint density at radius 2 is 2.14 bits per heavy atom. The minimum Gasteiger partial charge on any atom is -0.391 e. The molecule has 2 aromatic rings. The minimum absolute atomic E-state index is 0.197. The van der Waals surface area contributed by atoms with Gasteiger partial charge in [0.1, 0.15) is 9.88 Å². The van der Waals surface area contributed by atoms with Crippen molar-refractivity contribution in [3.05, 3.63) is 23.5 Å². The van der Waals surface area contributed by atoms with Crippen molar-refractivity contribution in [3.63, 3.8) is 0 Å². The summed E-state index contributed by atoms with van der Waals surface area (Å²) >= 11 is 1.32. The van der Waals surface area contributed by atoms with Crippen LogP contribution in [-0.2, 0) is 7.05 Å². The van der Waals surface area contributed by atoms with E-state index >= 15 is 0 Å². The summed E-state index contributed by atoms with van der Waals surface area (Å²) in [5, 5.41) is 17.7. The van der Waals surface area contributed by atoms with E-state index in [1.807, 2.05) is 27.1 Å². The fourth-order valence-electron chi connectivity index (χ4n) is 2.33. The van der Waals surface area contributed by atoms with E-state index in [2.05, 4.69) is 15.4 Å². The van der Waals surface area contributed by atoms with E-state index in [-0.39, 0.29) is 18.4 Å². The summed E-state index contributed by atoms with van der Waals surface area (Å²) < 4.78 is 1.70. The molecule has 2 N–H and O–H groups in total. The van der Waals surface area contributed by atoms with Crippen molar-refractivity contribution in [1.29, 1.82) is 0 Å². The summed E-state index contributed by atoms with van der Waals surface area (Å²) in [6.07, 6.45) is 6.43. The van der Waals surface area contributed by atoms with Crippen LogP contribution in [0, 0.1) is 5.92 Å². The molecule has 6 nitrogen and oxygen atoms in total. The first kappa shape index (κ1) is 16.6. The van der Waals surface area contributed by atoms with Crippen molar-refractivity contribution < 1.29 is 9.90 Å². The third-order valence-corrected chi connectivity index (χ3v) is 4.79.